The molecule has 68 valence electrons. The lowest BCUT2D eigenvalue weighted by Gasteiger charge is -2.13. The van der Waals surface area contributed by atoms with Crippen molar-refractivity contribution in [2.24, 2.45) is 5.73 Å². The molecule has 0 aromatic rings. The van der Waals surface area contributed by atoms with E-state index in [1.165, 1.54) is 0 Å². The zero-order valence-corrected chi connectivity index (χ0v) is 6.54. The first-order chi connectivity index (χ1) is 4.63. The fraction of sp³-hybridized carbons (Fsp3) is 1.00. The van der Waals surface area contributed by atoms with Gasteiger partial charge in [-0.2, -0.15) is 13.2 Å². The molecular formula is C4H8F3NO2S. The van der Waals surface area contributed by atoms with Crippen LogP contribution in [0.1, 0.15) is 0 Å². The van der Waals surface area contributed by atoms with Crippen LogP contribution in [-0.2, 0) is 9.84 Å². The van der Waals surface area contributed by atoms with Gasteiger partial charge in [-0.05, 0) is 0 Å². The van der Waals surface area contributed by atoms with Crippen molar-refractivity contribution in [1.29, 1.82) is 0 Å². The van der Waals surface area contributed by atoms with Gasteiger partial charge in [-0.15, -0.1) is 0 Å². The van der Waals surface area contributed by atoms with E-state index in [1.807, 2.05) is 0 Å². The van der Waals surface area contributed by atoms with Gasteiger partial charge < -0.3 is 5.73 Å². The summed E-state index contributed by atoms with van der Waals surface area (Å²) < 4.78 is 55.4. The van der Waals surface area contributed by atoms with Gasteiger partial charge in [0.05, 0.1) is 5.75 Å². The van der Waals surface area contributed by atoms with Gasteiger partial charge in [0.15, 0.2) is 0 Å². The van der Waals surface area contributed by atoms with Gasteiger partial charge in [0, 0.05) is 6.26 Å². The molecule has 0 fully saturated rings. The van der Waals surface area contributed by atoms with E-state index in [2.05, 4.69) is 5.73 Å². The second kappa shape index (κ2) is 2.98. The molecule has 0 spiro atoms. The first kappa shape index (κ1) is 10.7. The predicted octanol–water partition coefficient (Wildman–Crippen LogP) is -0.0794. The molecule has 0 bridgehead atoms. The molecule has 3 nitrogen and oxygen atoms in total. The largest absolute Gasteiger partial charge is 0.404 e. The molecule has 0 saturated heterocycles. The van der Waals surface area contributed by atoms with Gasteiger partial charge in [-0.25, -0.2) is 8.42 Å². The Hall–Kier alpha value is -0.300. The van der Waals surface area contributed by atoms with E-state index in [4.69, 9.17) is 0 Å². The fourth-order valence-electron chi connectivity index (χ4n) is 0.421. The molecule has 0 heterocycles. The maximum absolute atomic E-state index is 11.6. The van der Waals surface area contributed by atoms with E-state index in [1.54, 1.807) is 0 Å². The third-order valence-corrected chi connectivity index (χ3v) is 1.87. The second-order valence-corrected chi connectivity index (χ2v) is 4.43. The van der Waals surface area contributed by atoms with Crippen molar-refractivity contribution < 1.29 is 21.6 Å². The minimum Gasteiger partial charge on any atom is -0.319 e. The van der Waals surface area contributed by atoms with Crippen molar-refractivity contribution in [3.05, 3.63) is 0 Å². The number of alkyl halides is 3. The molecule has 0 saturated carbocycles. The number of hydrogen-bond donors (Lipinski definition) is 1. The number of nitrogens with two attached hydrogens (primary N) is 1. The molecule has 11 heavy (non-hydrogen) atoms. The maximum atomic E-state index is 11.6. The molecule has 0 aliphatic rings. The van der Waals surface area contributed by atoms with Crippen LogP contribution in [0.25, 0.3) is 0 Å². The standard InChI is InChI=1S/C4H8F3NO2S/c1-11(9,10)2-3(8)4(5,6)7/h3H,2,8H2,1H3/t3-/m1/s1. The van der Waals surface area contributed by atoms with E-state index in [0.717, 1.165) is 0 Å². The topological polar surface area (TPSA) is 60.2 Å². The quantitative estimate of drug-likeness (QED) is 0.664. The van der Waals surface area contributed by atoms with Crippen LogP contribution < -0.4 is 5.73 Å². The Morgan fingerprint density at radius 1 is 1.45 bits per heavy atom. The molecule has 7 heteroatoms. The monoisotopic (exact) mass is 191 g/mol. The van der Waals surface area contributed by atoms with Gasteiger partial charge in [-0.3, -0.25) is 0 Å². The van der Waals surface area contributed by atoms with Crippen LogP contribution in [0, 0.1) is 0 Å². The van der Waals surface area contributed by atoms with Crippen LogP contribution in [0.15, 0.2) is 0 Å². The van der Waals surface area contributed by atoms with Crippen LogP contribution in [0.4, 0.5) is 13.2 Å². The molecule has 0 aliphatic heterocycles. The number of sulfone groups is 1. The zero-order valence-electron chi connectivity index (χ0n) is 5.72. The lowest BCUT2D eigenvalue weighted by molar-refractivity contribution is -0.142. The summed E-state index contributed by atoms with van der Waals surface area (Å²) in [6, 6.07) is -2.28. The van der Waals surface area contributed by atoms with Gasteiger partial charge >= 0.3 is 6.18 Å². The molecule has 0 aliphatic carbocycles. The third kappa shape index (κ3) is 5.02. The third-order valence-electron chi connectivity index (χ3n) is 0.903. The Morgan fingerprint density at radius 3 is 1.91 bits per heavy atom. The molecule has 0 amide bonds. The first-order valence-corrected chi connectivity index (χ1v) is 4.69. The van der Waals surface area contributed by atoms with Crippen LogP contribution in [0.5, 0.6) is 0 Å². The molecule has 0 aromatic heterocycles. The Morgan fingerprint density at radius 2 is 1.82 bits per heavy atom. The summed E-state index contributed by atoms with van der Waals surface area (Å²) in [5, 5.41) is 0. The average molecular weight is 191 g/mol. The Kier molecular flexibility index (Phi) is 2.90. The summed E-state index contributed by atoms with van der Waals surface area (Å²) in [6.45, 7) is 0. The highest BCUT2D eigenvalue weighted by atomic mass is 32.2. The second-order valence-electron chi connectivity index (χ2n) is 2.24. The lowest BCUT2D eigenvalue weighted by atomic mass is 10.4. The van der Waals surface area contributed by atoms with E-state index in [9.17, 15) is 21.6 Å². The van der Waals surface area contributed by atoms with Gasteiger partial charge in [0.2, 0.25) is 0 Å². The van der Waals surface area contributed by atoms with Crippen molar-refractivity contribution in [3.63, 3.8) is 0 Å². The van der Waals surface area contributed by atoms with Crippen LogP contribution in [0.2, 0.25) is 0 Å². The summed E-state index contributed by atoms with van der Waals surface area (Å²) in [4.78, 5) is 0. The minimum absolute atomic E-state index is 0.707. The smallest absolute Gasteiger partial charge is 0.319 e. The predicted molar refractivity (Wildman–Crippen MR) is 33.7 cm³/mol. The van der Waals surface area contributed by atoms with Crippen LogP contribution in [0.3, 0.4) is 0 Å². The summed E-state index contributed by atoms with van der Waals surface area (Å²) in [7, 11) is -3.65. The van der Waals surface area contributed by atoms with Crippen molar-refractivity contribution >= 4 is 9.84 Å². The Bertz CT molecular complexity index is 220. The summed E-state index contributed by atoms with van der Waals surface area (Å²) >= 11 is 0. The zero-order chi connectivity index (χ0) is 9.28. The van der Waals surface area contributed by atoms with Crippen molar-refractivity contribution in [3.8, 4) is 0 Å². The van der Waals surface area contributed by atoms with E-state index in [-0.39, 0.29) is 0 Å². The maximum Gasteiger partial charge on any atom is 0.404 e. The summed E-state index contributed by atoms with van der Waals surface area (Å²) in [5.74, 6) is -1.06. The minimum atomic E-state index is -4.64. The molecule has 1 atom stereocenters. The highest BCUT2D eigenvalue weighted by molar-refractivity contribution is 7.90. The van der Waals surface area contributed by atoms with Gasteiger partial charge in [0.25, 0.3) is 0 Å². The molecule has 0 rings (SSSR count). The summed E-state index contributed by atoms with van der Waals surface area (Å²) in [5.41, 5.74) is 4.53. The molecular weight excluding hydrogens is 183 g/mol. The van der Waals surface area contributed by atoms with E-state index in [0.29, 0.717) is 6.26 Å². The molecule has 0 radical (unpaired) electrons. The Labute approximate surface area is 62.3 Å². The van der Waals surface area contributed by atoms with E-state index >= 15 is 0 Å². The SMILES string of the molecule is CS(=O)(=O)C[C@@H](N)C(F)(F)F. The van der Waals surface area contributed by atoms with E-state index < -0.39 is 27.8 Å². The van der Waals surface area contributed by atoms with Gasteiger partial charge in [-0.1, -0.05) is 0 Å². The molecule has 0 unspecified atom stereocenters. The highest BCUT2D eigenvalue weighted by Gasteiger charge is 2.38. The highest BCUT2D eigenvalue weighted by Crippen LogP contribution is 2.19. The van der Waals surface area contributed by atoms with Crippen LogP contribution in [-0.4, -0.2) is 32.6 Å². The fourth-order valence-corrected chi connectivity index (χ4v) is 1.26. The number of hydrogen-bond acceptors (Lipinski definition) is 3. The van der Waals surface area contributed by atoms with Crippen molar-refractivity contribution in [1.82, 2.24) is 0 Å². The summed E-state index contributed by atoms with van der Waals surface area (Å²) in [6.07, 6.45) is -3.93. The molecule has 2 N–H and O–H groups in total. The average Bonchev–Trinajstić information content (AvgIpc) is 1.56. The number of rotatable bonds is 2. The van der Waals surface area contributed by atoms with Crippen molar-refractivity contribution in [2.75, 3.05) is 12.0 Å². The van der Waals surface area contributed by atoms with Crippen LogP contribution >= 0.6 is 0 Å². The Balaban J connectivity index is 4.21. The number of halogens is 3. The normalized spacial score (nSPS) is 16.5. The van der Waals surface area contributed by atoms with Crippen molar-refractivity contribution in [2.45, 2.75) is 12.2 Å². The van der Waals surface area contributed by atoms with Gasteiger partial charge in [0.1, 0.15) is 15.9 Å². The lowest BCUT2D eigenvalue weighted by Crippen LogP contribution is -2.42. The molecule has 0 aromatic carbocycles. The first-order valence-electron chi connectivity index (χ1n) is 2.63.